The van der Waals surface area contributed by atoms with Gasteiger partial charge in [-0.25, -0.2) is 0 Å². The van der Waals surface area contributed by atoms with Gasteiger partial charge in [-0.3, -0.25) is 19.7 Å². The first-order valence-electron chi connectivity index (χ1n) is 8.79. The Hall–Kier alpha value is -3.88. The van der Waals surface area contributed by atoms with Gasteiger partial charge in [-0.05, 0) is 24.3 Å². The van der Waals surface area contributed by atoms with Crippen LogP contribution in [-0.2, 0) is 6.54 Å². The number of alkyl halides is 3. The Morgan fingerprint density at radius 2 is 1.43 bits per heavy atom. The quantitative estimate of drug-likeness (QED) is 0.402. The van der Waals surface area contributed by atoms with Gasteiger partial charge in [0.05, 0.1) is 16.7 Å². The number of hydrogen-bond donors (Lipinski definition) is 1. The molecule has 1 aliphatic heterocycles. The number of amides is 2. The van der Waals surface area contributed by atoms with Gasteiger partial charge in [0.15, 0.2) is 0 Å². The molecule has 1 aromatic heterocycles. The van der Waals surface area contributed by atoms with E-state index in [0.29, 0.717) is 4.73 Å². The molecular weight excluding hydrogens is 401 g/mol. The second-order valence-electron chi connectivity index (χ2n) is 6.54. The molecule has 30 heavy (non-hydrogen) atoms. The van der Waals surface area contributed by atoms with Crippen LogP contribution < -0.4 is 9.47 Å². The summed E-state index contributed by atoms with van der Waals surface area (Å²) in [5, 5.41) is 10.3. The van der Waals surface area contributed by atoms with Crippen LogP contribution in [0, 0.1) is 0 Å². The highest BCUT2D eigenvalue weighted by Crippen LogP contribution is 2.33. The molecule has 6 nitrogen and oxygen atoms in total. The maximum absolute atomic E-state index is 12.6. The summed E-state index contributed by atoms with van der Waals surface area (Å²) >= 11 is 0. The lowest BCUT2D eigenvalue weighted by molar-refractivity contribution is -0.909. The number of hydrogen-bond acceptors (Lipinski definition) is 4. The van der Waals surface area contributed by atoms with Crippen LogP contribution in [0.25, 0.3) is 11.1 Å². The van der Waals surface area contributed by atoms with Crippen LogP contribution in [0.2, 0.25) is 0 Å². The van der Waals surface area contributed by atoms with Crippen LogP contribution in [0.3, 0.4) is 0 Å². The molecule has 0 aliphatic carbocycles. The molecule has 152 valence electrons. The van der Waals surface area contributed by atoms with Crippen LogP contribution in [-0.4, -0.2) is 28.3 Å². The molecule has 1 aliphatic rings. The first kappa shape index (κ1) is 19.4. The number of ether oxygens (including phenoxy) is 1. The zero-order chi connectivity index (χ0) is 21.5. The van der Waals surface area contributed by atoms with Crippen LogP contribution >= 0.6 is 0 Å². The van der Waals surface area contributed by atoms with Crippen molar-refractivity contribution in [1.29, 1.82) is 0 Å². The maximum atomic E-state index is 12.6. The molecule has 0 bridgehead atoms. The number of carbonyl (C=O) groups excluding carboxylic acids is 2. The van der Waals surface area contributed by atoms with Crippen molar-refractivity contribution in [2.45, 2.75) is 12.9 Å². The molecule has 9 heteroatoms. The second-order valence-corrected chi connectivity index (χ2v) is 6.54. The molecular formula is C21H14F3N2O4+. The molecule has 0 saturated heterocycles. The van der Waals surface area contributed by atoms with Gasteiger partial charge in [-0.1, -0.05) is 30.3 Å². The fourth-order valence-electron chi connectivity index (χ4n) is 3.27. The molecule has 0 saturated carbocycles. The van der Waals surface area contributed by atoms with Gasteiger partial charge in [0.1, 0.15) is 12.3 Å². The Bertz CT molecular complexity index is 1130. The van der Waals surface area contributed by atoms with Crippen molar-refractivity contribution in [1.82, 2.24) is 4.90 Å². The van der Waals surface area contributed by atoms with Crippen molar-refractivity contribution in [2.24, 2.45) is 0 Å². The summed E-state index contributed by atoms with van der Waals surface area (Å²) in [5.74, 6) is -1.38. The molecule has 2 aromatic carbocycles. The van der Waals surface area contributed by atoms with E-state index in [0.717, 1.165) is 11.0 Å². The minimum absolute atomic E-state index is 0.116. The molecule has 0 unspecified atom stereocenters. The average Bonchev–Trinajstić information content (AvgIpc) is 2.94. The third kappa shape index (κ3) is 3.57. The number of benzene rings is 2. The number of rotatable bonds is 4. The summed E-state index contributed by atoms with van der Waals surface area (Å²) in [6.45, 7) is -0.205. The van der Waals surface area contributed by atoms with E-state index in [1.54, 1.807) is 24.3 Å². The summed E-state index contributed by atoms with van der Waals surface area (Å²) in [6, 6.07) is 14.8. The maximum Gasteiger partial charge on any atom is 0.573 e. The Morgan fingerprint density at radius 1 is 0.867 bits per heavy atom. The zero-order valence-corrected chi connectivity index (χ0v) is 15.3. The minimum Gasteiger partial charge on any atom is -0.405 e. The van der Waals surface area contributed by atoms with Crippen molar-refractivity contribution in [3.63, 3.8) is 0 Å². The summed E-state index contributed by atoms with van der Waals surface area (Å²) in [7, 11) is 0. The van der Waals surface area contributed by atoms with E-state index in [1.807, 2.05) is 0 Å². The van der Waals surface area contributed by atoms with E-state index >= 15 is 0 Å². The van der Waals surface area contributed by atoms with Crippen molar-refractivity contribution in [3.8, 4) is 16.9 Å². The number of aromatic nitrogens is 1. The van der Waals surface area contributed by atoms with E-state index in [9.17, 15) is 28.0 Å². The van der Waals surface area contributed by atoms with Crippen molar-refractivity contribution < 1.29 is 37.4 Å². The Labute approximate surface area is 168 Å². The number of carbonyl (C=O) groups is 2. The molecule has 0 spiro atoms. The number of imide groups is 1. The van der Waals surface area contributed by atoms with Crippen molar-refractivity contribution in [3.05, 3.63) is 83.7 Å². The monoisotopic (exact) mass is 415 g/mol. The molecule has 0 atom stereocenters. The van der Waals surface area contributed by atoms with Gasteiger partial charge >= 0.3 is 6.36 Å². The fraction of sp³-hybridized carbons (Fsp3) is 0.0952. The van der Waals surface area contributed by atoms with Crippen molar-refractivity contribution >= 4 is 11.8 Å². The SMILES string of the molecule is O=C1c2ccccc2C(=O)N1Cc1ccc(-c2ccccc2OC(F)(F)F)c[n+]1O. The third-order valence-electron chi connectivity index (χ3n) is 4.63. The lowest BCUT2D eigenvalue weighted by Crippen LogP contribution is -2.40. The number of para-hydroxylation sites is 1. The molecule has 0 fully saturated rings. The molecule has 1 N–H and O–H groups in total. The topological polar surface area (TPSA) is 70.7 Å². The highest BCUT2D eigenvalue weighted by molar-refractivity contribution is 6.21. The lowest BCUT2D eigenvalue weighted by Gasteiger charge is -2.13. The molecule has 0 radical (unpaired) electrons. The normalized spacial score (nSPS) is 13.5. The largest absolute Gasteiger partial charge is 0.573 e. The van der Waals surface area contributed by atoms with E-state index in [2.05, 4.69) is 4.74 Å². The zero-order valence-electron chi connectivity index (χ0n) is 15.3. The molecule has 2 heterocycles. The van der Waals surface area contributed by atoms with Crippen LogP contribution in [0.15, 0.2) is 66.9 Å². The number of fused-ring (bicyclic) bond motifs is 1. The minimum atomic E-state index is -4.86. The number of halogens is 3. The molecule has 4 rings (SSSR count). The van der Waals surface area contributed by atoms with Gasteiger partial charge in [0.25, 0.3) is 17.5 Å². The smallest absolute Gasteiger partial charge is 0.405 e. The predicted octanol–water partition coefficient (Wildman–Crippen LogP) is 3.57. The van der Waals surface area contributed by atoms with Crippen molar-refractivity contribution in [2.75, 3.05) is 0 Å². The second kappa shape index (κ2) is 7.18. The van der Waals surface area contributed by atoms with Crippen LogP contribution in [0.5, 0.6) is 5.75 Å². The van der Waals surface area contributed by atoms with E-state index in [4.69, 9.17) is 0 Å². The van der Waals surface area contributed by atoms with E-state index < -0.39 is 23.9 Å². The first-order chi connectivity index (χ1) is 14.2. The van der Waals surface area contributed by atoms with E-state index in [-0.39, 0.29) is 34.5 Å². The standard InChI is InChI=1S/C21H14F3N2O4/c22-21(23,24)30-18-8-4-3-5-15(18)13-9-10-14(26(29)11-13)12-25-19(27)16-6-1-2-7-17(16)20(25)28/h1-11,29H,12H2/q+1. The van der Waals surface area contributed by atoms with Crippen LogP contribution in [0.4, 0.5) is 13.2 Å². The highest BCUT2D eigenvalue weighted by Gasteiger charge is 2.37. The first-order valence-corrected chi connectivity index (χ1v) is 8.79. The van der Waals surface area contributed by atoms with Gasteiger partial charge in [0.2, 0.25) is 6.20 Å². The molecule has 3 aromatic rings. The van der Waals surface area contributed by atoms with Gasteiger partial charge in [0, 0.05) is 16.4 Å². The lowest BCUT2D eigenvalue weighted by atomic mass is 10.1. The summed E-state index contributed by atoms with van der Waals surface area (Å²) in [4.78, 5) is 26.0. The third-order valence-corrected chi connectivity index (χ3v) is 4.63. The Balaban J connectivity index is 1.62. The summed E-state index contributed by atoms with van der Waals surface area (Å²) in [6.07, 6.45) is -3.68. The molecule has 2 amide bonds. The average molecular weight is 415 g/mol. The summed E-state index contributed by atoms with van der Waals surface area (Å²) < 4.78 is 42.7. The Kier molecular flexibility index (Phi) is 4.65. The Morgan fingerprint density at radius 3 is 2.00 bits per heavy atom. The number of nitrogens with zero attached hydrogens (tertiary/aromatic N) is 2. The fourth-order valence-corrected chi connectivity index (χ4v) is 3.27. The van der Waals surface area contributed by atoms with Crippen LogP contribution in [0.1, 0.15) is 26.4 Å². The van der Waals surface area contributed by atoms with Gasteiger partial charge < -0.3 is 4.74 Å². The number of pyridine rings is 1. The predicted molar refractivity (Wildman–Crippen MR) is 96.6 cm³/mol. The van der Waals surface area contributed by atoms with E-state index in [1.165, 1.54) is 36.5 Å². The highest BCUT2D eigenvalue weighted by atomic mass is 19.4. The van der Waals surface area contributed by atoms with Gasteiger partial charge in [-0.2, -0.15) is 0 Å². The van der Waals surface area contributed by atoms with Gasteiger partial charge in [-0.15, -0.1) is 13.2 Å². The summed E-state index contributed by atoms with van der Waals surface area (Å²) in [5.41, 5.74) is 1.12.